The summed E-state index contributed by atoms with van der Waals surface area (Å²) in [5.74, 6) is 1.38. The summed E-state index contributed by atoms with van der Waals surface area (Å²) in [6, 6.07) is 0. The van der Waals surface area contributed by atoms with Gasteiger partial charge in [-0.15, -0.1) is 0 Å². The van der Waals surface area contributed by atoms with Gasteiger partial charge in [-0.05, 0) is 32.1 Å². The summed E-state index contributed by atoms with van der Waals surface area (Å²) >= 11 is 0. The Hall–Kier alpha value is -0.373. The van der Waals surface area contributed by atoms with Crippen LogP contribution in [-0.2, 0) is 4.79 Å². The Bertz CT molecular complexity index is 299. The van der Waals surface area contributed by atoms with Gasteiger partial charge in [-0.3, -0.25) is 4.79 Å². The van der Waals surface area contributed by atoms with Gasteiger partial charge in [0.05, 0.1) is 8.07 Å². The monoisotopic (exact) mass is 252 g/mol. The van der Waals surface area contributed by atoms with E-state index in [4.69, 9.17) is 0 Å². The maximum Gasteiger partial charge on any atom is 0.136 e. The summed E-state index contributed by atoms with van der Waals surface area (Å²) < 4.78 is 0. The number of carbonyl (C=O) groups excluding carboxylic acids is 1. The van der Waals surface area contributed by atoms with E-state index in [1.165, 1.54) is 12.8 Å². The van der Waals surface area contributed by atoms with Gasteiger partial charge in [-0.25, -0.2) is 0 Å². The molecule has 0 aromatic heterocycles. The van der Waals surface area contributed by atoms with E-state index in [0.717, 1.165) is 19.3 Å². The summed E-state index contributed by atoms with van der Waals surface area (Å²) in [6.07, 6.45) is 7.73. The van der Waals surface area contributed by atoms with Crippen molar-refractivity contribution < 1.29 is 4.79 Å². The second-order valence-corrected chi connectivity index (χ2v) is 12.0. The van der Waals surface area contributed by atoms with Crippen molar-refractivity contribution in [1.82, 2.24) is 0 Å². The minimum Gasteiger partial charge on any atom is -0.299 e. The molecule has 0 bridgehead atoms. The highest BCUT2D eigenvalue weighted by molar-refractivity contribution is 6.82. The van der Waals surface area contributed by atoms with Gasteiger partial charge in [0.2, 0.25) is 0 Å². The van der Waals surface area contributed by atoms with Gasteiger partial charge in [-0.2, -0.15) is 0 Å². The van der Waals surface area contributed by atoms with Crippen LogP contribution in [0.5, 0.6) is 0 Å². The normalized spacial score (nSPS) is 28.1. The van der Waals surface area contributed by atoms with Crippen LogP contribution in [0.4, 0.5) is 0 Å². The molecule has 0 aromatic rings. The summed E-state index contributed by atoms with van der Waals surface area (Å²) in [4.78, 5) is 12.1. The molecule has 1 fully saturated rings. The Labute approximate surface area is 108 Å². The smallest absolute Gasteiger partial charge is 0.136 e. The minimum atomic E-state index is -1.15. The number of allylic oxidation sites excluding steroid dienone is 2. The highest BCUT2D eigenvalue weighted by atomic mass is 28.3. The molecule has 1 aliphatic carbocycles. The predicted octanol–water partition coefficient (Wildman–Crippen LogP) is 4.60. The van der Waals surface area contributed by atoms with E-state index in [-0.39, 0.29) is 0 Å². The molecule has 1 nitrogen and oxygen atoms in total. The van der Waals surface area contributed by atoms with E-state index in [1.807, 2.05) is 0 Å². The number of hydrogen-bond donors (Lipinski definition) is 0. The lowest BCUT2D eigenvalue weighted by Gasteiger charge is -2.21. The van der Waals surface area contributed by atoms with Crippen molar-refractivity contribution in [2.75, 3.05) is 0 Å². The third-order valence-corrected chi connectivity index (χ3v) is 6.86. The molecule has 2 heteroatoms. The fraction of sp³-hybridized carbons (Fsp3) is 0.800. The van der Waals surface area contributed by atoms with Crippen LogP contribution >= 0.6 is 0 Å². The lowest BCUT2D eigenvalue weighted by molar-refractivity contribution is -0.123. The first-order valence-corrected chi connectivity index (χ1v) is 10.5. The zero-order valence-electron chi connectivity index (χ0n) is 12.2. The van der Waals surface area contributed by atoms with Crippen LogP contribution in [0.1, 0.15) is 46.0 Å². The van der Waals surface area contributed by atoms with Gasteiger partial charge in [0.15, 0.2) is 0 Å². The quantitative estimate of drug-likeness (QED) is 0.530. The predicted molar refractivity (Wildman–Crippen MR) is 77.8 cm³/mol. The molecule has 17 heavy (non-hydrogen) atoms. The third-order valence-electron chi connectivity index (χ3n) is 4.29. The van der Waals surface area contributed by atoms with Crippen LogP contribution in [0.15, 0.2) is 11.3 Å². The third kappa shape index (κ3) is 4.42. The van der Waals surface area contributed by atoms with Crippen molar-refractivity contribution in [2.24, 2.45) is 11.8 Å². The molecule has 0 aliphatic heterocycles. The van der Waals surface area contributed by atoms with E-state index >= 15 is 0 Å². The molecule has 0 aromatic carbocycles. The van der Waals surface area contributed by atoms with Crippen molar-refractivity contribution >= 4 is 13.9 Å². The molecule has 98 valence electrons. The highest BCUT2D eigenvalue weighted by Gasteiger charge is 2.26. The van der Waals surface area contributed by atoms with Crippen LogP contribution in [0, 0.1) is 11.8 Å². The molecule has 0 heterocycles. The zero-order valence-corrected chi connectivity index (χ0v) is 13.2. The first kappa shape index (κ1) is 14.7. The van der Waals surface area contributed by atoms with Crippen molar-refractivity contribution in [3.8, 4) is 0 Å². The number of hydrogen-bond acceptors (Lipinski definition) is 1. The summed E-state index contributed by atoms with van der Waals surface area (Å²) in [5, 5.41) is 1.54. The van der Waals surface area contributed by atoms with E-state index in [1.54, 1.807) is 5.20 Å². The van der Waals surface area contributed by atoms with Gasteiger partial charge in [0.25, 0.3) is 0 Å². The van der Waals surface area contributed by atoms with Crippen LogP contribution in [0.2, 0.25) is 19.6 Å². The Morgan fingerprint density at radius 1 is 1.35 bits per heavy atom. The second kappa shape index (κ2) is 5.99. The summed E-state index contributed by atoms with van der Waals surface area (Å²) in [5.41, 5.74) is 0. The highest BCUT2D eigenvalue weighted by Crippen LogP contribution is 2.29. The SMILES string of the molecule is C/C(=C\C[C@H]1C(=O)CCCC[C@@H]1C)[Si](C)(C)C. The molecule has 2 atom stereocenters. The molecular formula is C15H28OSi. The number of ketones is 1. The van der Waals surface area contributed by atoms with Gasteiger partial charge < -0.3 is 0 Å². The Morgan fingerprint density at radius 2 is 2.00 bits per heavy atom. The van der Waals surface area contributed by atoms with Gasteiger partial charge in [0, 0.05) is 12.3 Å². The number of carbonyl (C=O) groups is 1. The molecular weight excluding hydrogens is 224 g/mol. The molecule has 0 radical (unpaired) electrons. The molecule has 1 aliphatic rings. The Morgan fingerprint density at radius 3 is 2.59 bits per heavy atom. The average Bonchev–Trinajstić information content (AvgIpc) is 2.36. The topological polar surface area (TPSA) is 17.1 Å². The number of rotatable bonds is 3. The van der Waals surface area contributed by atoms with Gasteiger partial charge in [0.1, 0.15) is 5.78 Å². The fourth-order valence-corrected chi connectivity index (χ4v) is 3.17. The molecule has 0 saturated heterocycles. The van der Waals surface area contributed by atoms with Gasteiger partial charge in [-0.1, -0.05) is 44.3 Å². The fourth-order valence-electron chi connectivity index (χ4n) is 2.44. The van der Waals surface area contributed by atoms with E-state index in [0.29, 0.717) is 17.6 Å². The molecule has 0 unspecified atom stereocenters. The van der Waals surface area contributed by atoms with Crippen molar-refractivity contribution in [1.29, 1.82) is 0 Å². The van der Waals surface area contributed by atoms with E-state index in [2.05, 4.69) is 39.6 Å². The molecule has 0 amide bonds. The van der Waals surface area contributed by atoms with Crippen LogP contribution in [-0.4, -0.2) is 13.9 Å². The maximum atomic E-state index is 12.1. The largest absolute Gasteiger partial charge is 0.299 e. The Balaban J connectivity index is 2.68. The van der Waals surface area contributed by atoms with E-state index < -0.39 is 8.07 Å². The standard InChI is InChI=1S/C15H28OSi/c1-12-8-6-7-9-15(16)14(12)11-10-13(2)17(3,4)5/h10,12,14H,6-9,11H2,1-5H3/b13-10+/t12-,14+/m0/s1. The summed E-state index contributed by atoms with van der Waals surface area (Å²) in [6.45, 7) is 11.6. The van der Waals surface area contributed by atoms with Crippen LogP contribution in [0.3, 0.4) is 0 Å². The first-order valence-electron chi connectivity index (χ1n) is 7.02. The second-order valence-electron chi connectivity index (χ2n) is 6.67. The van der Waals surface area contributed by atoms with E-state index in [9.17, 15) is 4.79 Å². The minimum absolute atomic E-state index is 0.295. The van der Waals surface area contributed by atoms with Crippen LogP contribution in [0.25, 0.3) is 0 Å². The van der Waals surface area contributed by atoms with Crippen molar-refractivity contribution in [2.45, 2.75) is 65.6 Å². The average molecular weight is 252 g/mol. The van der Waals surface area contributed by atoms with Crippen molar-refractivity contribution in [3.05, 3.63) is 11.3 Å². The summed E-state index contributed by atoms with van der Waals surface area (Å²) in [7, 11) is -1.15. The van der Waals surface area contributed by atoms with Gasteiger partial charge >= 0.3 is 0 Å². The molecule has 1 rings (SSSR count). The number of Topliss-reactive ketones (excluding diaryl/α,β-unsaturated/α-hetero) is 1. The zero-order chi connectivity index (χ0) is 13.1. The van der Waals surface area contributed by atoms with Crippen molar-refractivity contribution in [3.63, 3.8) is 0 Å². The lowest BCUT2D eigenvalue weighted by Crippen LogP contribution is -2.23. The molecule has 0 N–H and O–H groups in total. The molecule has 0 spiro atoms. The maximum absolute atomic E-state index is 12.1. The van der Waals surface area contributed by atoms with Crippen LogP contribution < -0.4 is 0 Å². The molecule has 1 saturated carbocycles. The Kier molecular flexibility index (Phi) is 5.17. The lowest BCUT2D eigenvalue weighted by atomic mass is 9.86. The first-order chi connectivity index (χ1) is 7.82.